The number of benzene rings is 1. The molecule has 1 aliphatic rings. The maximum Gasteiger partial charge on any atom is 0.295 e. The van der Waals surface area contributed by atoms with Crippen LogP contribution in [0.15, 0.2) is 16.6 Å². The fourth-order valence-electron chi connectivity index (χ4n) is 2.62. The van der Waals surface area contributed by atoms with Crippen LogP contribution in [0.3, 0.4) is 0 Å². The van der Waals surface area contributed by atoms with Crippen molar-refractivity contribution in [3.05, 3.63) is 32.5 Å². The maximum absolute atomic E-state index is 13.4. The van der Waals surface area contributed by atoms with Crippen molar-refractivity contribution in [2.75, 3.05) is 5.32 Å². The third-order valence-corrected chi connectivity index (χ3v) is 4.31. The van der Waals surface area contributed by atoms with Gasteiger partial charge < -0.3 is 5.32 Å². The Morgan fingerprint density at radius 3 is 2.40 bits per heavy atom. The Morgan fingerprint density at radius 1 is 1.20 bits per heavy atom. The van der Waals surface area contributed by atoms with Crippen LogP contribution in [0, 0.1) is 15.9 Å². The minimum absolute atomic E-state index is 0.201. The van der Waals surface area contributed by atoms with Gasteiger partial charge in [0.15, 0.2) is 0 Å². The van der Waals surface area contributed by atoms with Crippen LogP contribution in [-0.2, 0) is 0 Å². The molecule has 0 bridgehead atoms. The van der Waals surface area contributed by atoms with Gasteiger partial charge in [-0.15, -0.1) is 0 Å². The Morgan fingerprint density at radius 2 is 1.80 bits per heavy atom. The van der Waals surface area contributed by atoms with Crippen molar-refractivity contribution < 1.29 is 9.31 Å². The van der Waals surface area contributed by atoms with Gasteiger partial charge in [0, 0.05) is 6.04 Å². The van der Waals surface area contributed by atoms with Gasteiger partial charge in [-0.2, -0.15) is 0 Å². The lowest BCUT2D eigenvalue weighted by molar-refractivity contribution is -0.384. The van der Waals surface area contributed by atoms with Gasteiger partial charge in [0.05, 0.1) is 15.5 Å². The topological polar surface area (TPSA) is 55.2 Å². The number of hydrogen-bond donors (Lipinski definition) is 1. The Bertz CT molecular complexity index is 488. The molecule has 0 spiro atoms. The average Bonchev–Trinajstić information content (AvgIpc) is 2.36. The standard InChI is InChI=1S/C14H18BrFN2O2/c15-11-8-13(14(18(19)20)9-12(11)16)17-10-6-4-2-1-3-5-7-10/h8-10,17H,1-7H2. The van der Waals surface area contributed by atoms with E-state index in [0.29, 0.717) is 5.69 Å². The summed E-state index contributed by atoms with van der Waals surface area (Å²) < 4.78 is 13.7. The highest BCUT2D eigenvalue weighted by atomic mass is 79.9. The van der Waals surface area contributed by atoms with E-state index in [1.807, 2.05) is 0 Å². The number of nitro benzene ring substituents is 1. The lowest BCUT2D eigenvalue weighted by Gasteiger charge is -2.22. The lowest BCUT2D eigenvalue weighted by atomic mass is 9.96. The predicted octanol–water partition coefficient (Wildman–Crippen LogP) is 5.02. The van der Waals surface area contributed by atoms with E-state index in [1.165, 1.54) is 25.3 Å². The summed E-state index contributed by atoms with van der Waals surface area (Å²) in [6, 6.07) is 2.66. The van der Waals surface area contributed by atoms with Crippen molar-refractivity contribution in [1.29, 1.82) is 0 Å². The molecule has 0 heterocycles. The summed E-state index contributed by atoms with van der Waals surface area (Å²) in [4.78, 5) is 10.5. The number of halogens is 2. The zero-order chi connectivity index (χ0) is 14.5. The van der Waals surface area contributed by atoms with Gasteiger partial charge in [0.25, 0.3) is 5.69 Å². The predicted molar refractivity (Wildman–Crippen MR) is 80.5 cm³/mol. The second-order valence-electron chi connectivity index (χ2n) is 5.23. The van der Waals surface area contributed by atoms with Crippen LogP contribution in [0.2, 0.25) is 0 Å². The number of rotatable bonds is 3. The molecule has 0 amide bonds. The number of nitrogens with one attached hydrogen (secondary N) is 1. The molecule has 110 valence electrons. The van der Waals surface area contributed by atoms with Gasteiger partial charge in [0.2, 0.25) is 0 Å². The number of hydrogen-bond acceptors (Lipinski definition) is 3. The molecule has 0 unspecified atom stereocenters. The summed E-state index contributed by atoms with van der Waals surface area (Å²) in [6.45, 7) is 0. The molecule has 2 rings (SSSR count). The largest absolute Gasteiger partial charge is 0.377 e. The fraction of sp³-hybridized carbons (Fsp3) is 0.571. The summed E-state index contributed by atoms with van der Waals surface area (Å²) in [5.74, 6) is -0.611. The molecule has 0 saturated heterocycles. The molecule has 0 radical (unpaired) electrons. The highest BCUT2D eigenvalue weighted by Crippen LogP contribution is 2.32. The van der Waals surface area contributed by atoms with E-state index in [2.05, 4.69) is 21.2 Å². The summed E-state index contributed by atoms with van der Waals surface area (Å²) in [5, 5.41) is 14.3. The normalized spacial score (nSPS) is 17.3. The summed E-state index contributed by atoms with van der Waals surface area (Å²) in [5.41, 5.74) is 0.196. The van der Waals surface area contributed by atoms with Crippen molar-refractivity contribution in [2.45, 2.75) is 51.0 Å². The van der Waals surface area contributed by atoms with Crippen LogP contribution in [0.1, 0.15) is 44.9 Å². The van der Waals surface area contributed by atoms with E-state index in [0.717, 1.165) is 31.7 Å². The number of anilines is 1. The molecule has 1 N–H and O–H groups in total. The highest BCUT2D eigenvalue weighted by Gasteiger charge is 2.20. The smallest absolute Gasteiger partial charge is 0.295 e. The first-order valence-corrected chi connectivity index (χ1v) is 7.77. The van der Waals surface area contributed by atoms with Crippen molar-refractivity contribution >= 4 is 27.3 Å². The zero-order valence-electron chi connectivity index (χ0n) is 11.2. The molecule has 6 heteroatoms. The minimum Gasteiger partial charge on any atom is -0.377 e. The van der Waals surface area contributed by atoms with Crippen molar-refractivity contribution in [1.82, 2.24) is 0 Å². The van der Waals surface area contributed by atoms with Gasteiger partial charge in [-0.3, -0.25) is 10.1 Å². The summed E-state index contributed by atoms with van der Waals surface area (Å²) >= 11 is 3.08. The Labute approximate surface area is 126 Å². The van der Waals surface area contributed by atoms with Crippen LogP contribution >= 0.6 is 15.9 Å². The third kappa shape index (κ3) is 3.91. The monoisotopic (exact) mass is 344 g/mol. The molecule has 1 saturated carbocycles. The first kappa shape index (κ1) is 15.2. The summed E-state index contributed by atoms with van der Waals surface area (Å²) in [7, 11) is 0. The fourth-order valence-corrected chi connectivity index (χ4v) is 2.97. The molecular formula is C14H18BrFN2O2. The quantitative estimate of drug-likeness (QED) is 0.618. The first-order valence-electron chi connectivity index (χ1n) is 6.98. The van der Waals surface area contributed by atoms with E-state index >= 15 is 0 Å². The van der Waals surface area contributed by atoms with Crippen molar-refractivity contribution in [3.63, 3.8) is 0 Å². The van der Waals surface area contributed by atoms with E-state index in [-0.39, 0.29) is 16.2 Å². The Hall–Kier alpha value is -1.17. The molecule has 1 aromatic carbocycles. The van der Waals surface area contributed by atoms with Crippen LogP contribution in [-0.4, -0.2) is 11.0 Å². The molecule has 0 aromatic heterocycles. The molecule has 0 atom stereocenters. The minimum atomic E-state index is -0.611. The van der Waals surface area contributed by atoms with E-state index in [1.54, 1.807) is 0 Å². The Kier molecular flexibility index (Phi) is 5.34. The first-order chi connectivity index (χ1) is 9.58. The van der Waals surface area contributed by atoms with E-state index < -0.39 is 10.7 Å². The summed E-state index contributed by atoms with van der Waals surface area (Å²) in [6.07, 6.45) is 7.98. The average molecular weight is 345 g/mol. The van der Waals surface area contributed by atoms with Crippen LogP contribution in [0.4, 0.5) is 15.8 Å². The van der Waals surface area contributed by atoms with Gasteiger partial charge in [-0.1, -0.05) is 32.1 Å². The second-order valence-corrected chi connectivity index (χ2v) is 6.08. The number of nitrogens with zero attached hydrogens (tertiary/aromatic N) is 1. The highest BCUT2D eigenvalue weighted by molar-refractivity contribution is 9.10. The van der Waals surface area contributed by atoms with E-state index in [9.17, 15) is 14.5 Å². The van der Waals surface area contributed by atoms with Crippen LogP contribution < -0.4 is 5.32 Å². The molecule has 1 aliphatic carbocycles. The molecule has 1 aromatic rings. The third-order valence-electron chi connectivity index (χ3n) is 3.70. The van der Waals surface area contributed by atoms with Gasteiger partial charge in [-0.05, 0) is 34.8 Å². The zero-order valence-corrected chi connectivity index (χ0v) is 12.8. The maximum atomic E-state index is 13.4. The van der Waals surface area contributed by atoms with Gasteiger partial charge >= 0.3 is 0 Å². The van der Waals surface area contributed by atoms with E-state index in [4.69, 9.17) is 0 Å². The number of nitro groups is 1. The SMILES string of the molecule is O=[N+]([O-])c1cc(F)c(Br)cc1NC1CCCCCCC1. The van der Waals surface area contributed by atoms with Gasteiger partial charge in [0.1, 0.15) is 11.5 Å². The van der Waals surface area contributed by atoms with Gasteiger partial charge in [-0.25, -0.2) is 4.39 Å². The Balaban J connectivity index is 2.18. The molecule has 1 fully saturated rings. The van der Waals surface area contributed by atoms with Crippen molar-refractivity contribution in [3.8, 4) is 0 Å². The second kappa shape index (κ2) is 7.02. The van der Waals surface area contributed by atoms with Crippen LogP contribution in [0.25, 0.3) is 0 Å². The van der Waals surface area contributed by atoms with Crippen LogP contribution in [0.5, 0.6) is 0 Å². The molecular weight excluding hydrogens is 327 g/mol. The van der Waals surface area contributed by atoms with Crippen molar-refractivity contribution in [2.24, 2.45) is 0 Å². The lowest BCUT2D eigenvalue weighted by Crippen LogP contribution is -2.21. The molecule has 4 nitrogen and oxygen atoms in total. The molecule has 20 heavy (non-hydrogen) atoms. The molecule has 0 aliphatic heterocycles.